The molecule has 1 amide bonds. The Morgan fingerprint density at radius 1 is 1.38 bits per heavy atom. The molecule has 2 fully saturated rings. The average molecular weight is 226 g/mol. The van der Waals surface area contributed by atoms with E-state index in [0.717, 1.165) is 58.0 Å². The molecule has 0 saturated carbocycles. The normalized spacial score (nSPS) is 22.8. The van der Waals surface area contributed by atoms with Crippen molar-refractivity contribution in [3.63, 3.8) is 0 Å². The van der Waals surface area contributed by atoms with Gasteiger partial charge >= 0.3 is 0 Å². The number of nitrogens with zero attached hydrogens (tertiary/aromatic N) is 1. The molecule has 2 heterocycles. The van der Waals surface area contributed by atoms with Gasteiger partial charge in [0.1, 0.15) is 0 Å². The van der Waals surface area contributed by atoms with Gasteiger partial charge in [0, 0.05) is 39.9 Å². The first-order chi connectivity index (χ1) is 7.77. The van der Waals surface area contributed by atoms with Gasteiger partial charge in [-0.1, -0.05) is 0 Å². The van der Waals surface area contributed by atoms with E-state index in [0.29, 0.717) is 5.91 Å². The molecule has 92 valence electrons. The van der Waals surface area contributed by atoms with Crippen LogP contribution in [0, 0.1) is 11.8 Å². The van der Waals surface area contributed by atoms with Crippen LogP contribution in [0.2, 0.25) is 0 Å². The highest BCUT2D eigenvalue weighted by molar-refractivity contribution is 5.79. The Morgan fingerprint density at radius 3 is 2.62 bits per heavy atom. The van der Waals surface area contributed by atoms with Crippen molar-refractivity contribution in [3.8, 4) is 0 Å². The summed E-state index contributed by atoms with van der Waals surface area (Å²) in [7, 11) is 1.93. The first kappa shape index (κ1) is 11.9. The predicted octanol–water partition coefficient (Wildman–Crippen LogP) is 0.481. The van der Waals surface area contributed by atoms with E-state index in [2.05, 4.69) is 5.32 Å². The monoisotopic (exact) mass is 226 g/mol. The Hall–Kier alpha value is -0.610. The van der Waals surface area contributed by atoms with Gasteiger partial charge in [-0.15, -0.1) is 0 Å². The molecule has 1 N–H and O–H groups in total. The number of amides is 1. The number of carbonyl (C=O) groups is 1. The molecular formula is C12H22N2O2. The minimum atomic E-state index is 0.236. The third kappa shape index (κ3) is 2.95. The average Bonchev–Trinajstić information content (AvgIpc) is 2.25. The molecule has 0 aromatic carbocycles. The molecule has 2 saturated heterocycles. The van der Waals surface area contributed by atoms with E-state index in [1.165, 1.54) is 0 Å². The van der Waals surface area contributed by atoms with Crippen LogP contribution in [0.3, 0.4) is 0 Å². The van der Waals surface area contributed by atoms with E-state index in [9.17, 15) is 4.79 Å². The van der Waals surface area contributed by atoms with Gasteiger partial charge in [0.05, 0.1) is 5.92 Å². The maximum absolute atomic E-state index is 11.9. The van der Waals surface area contributed by atoms with E-state index < -0.39 is 0 Å². The lowest BCUT2D eigenvalue weighted by atomic mass is 9.96. The van der Waals surface area contributed by atoms with Crippen molar-refractivity contribution in [2.75, 3.05) is 39.9 Å². The largest absolute Gasteiger partial charge is 0.381 e. The van der Waals surface area contributed by atoms with Gasteiger partial charge in [0.15, 0.2) is 0 Å². The Labute approximate surface area is 97.3 Å². The van der Waals surface area contributed by atoms with Crippen molar-refractivity contribution in [2.45, 2.75) is 19.3 Å². The van der Waals surface area contributed by atoms with Crippen molar-refractivity contribution >= 4 is 5.91 Å². The van der Waals surface area contributed by atoms with Gasteiger partial charge in [-0.3, -0.25) is 4.79 Å². The topological polar surface area (TPSA) is 41.6 Å². The standard InChI is InChI=1S/C12H22N2O2/c1-14(12(15)11-8-13-9-11)5-2-10-3-6-16-7-4-10/h10-11,13H,2-9H2,1H3. The van der Waals surface area contributed by atoms with Crippen LogP contribution in [0.4, 0.5) is 0 Å². The van der Waals surface area contributed by atoms with Gasteiger partial charge in [0.25, 0.3) is 0 Å². The fraction of sp³-hybridized carbons (Fsp3) is 0.917. The number of nitrogens with one attached hydrogen (secondary N) is 1. The summed E-state index contributed by atoms with van der Waals surface area (Å²) in [5.74, 6) is 1.30. The molecule has 0 aromatic heterocycles. The van der Waals surface area contributed by atoms with E-state index in [1.807, 2.05) is 11.9 Å². The predicted molar refractivity (Wildman–Crippen MR) is 62.2 cm³/mol. The van der Waals surface area contributed by atoms with E-state index in [1.54, 1.807) is 0 Å². The SMILES string of the molecule is CN(CCC1CCOCC1)C(=O)C1CNC1. The fourth-order valence-corrected chi connectivity index (χ4v) is 2.30. The second-order valence-corrected chi connectivity index (χ2v) is 4.96. The lowest BCUT2D eigenvalue weighted by molar-refractivity contribution is -0.135. The quantitative estimate of drug-likeness (QED) is 0.758. The molecular weight excluding hydrogens is 204 g/mol. The van der Waals surface area contributed by atoms with Crippen LogP contribution in [-0.2, 0) is 9.53 Å². The van der Waals surface area contributed by atoms with Crippen LogP contribution < -0.4 is 5.32 Å². The third-order valence-corrected chi connectivity index (χ3v) is 3.72. The highest BCUT2D eigenvalue weighted by Gasteiger charge is 2.27. The molecule has 4 nitrogen and oxygen atoms in total. The third-order valence-electron chi connectivity index (χ3n) is 3.72. The Morgan fingerprint density at radius 2 is 2.06 bits per heavy atom. The molecule has 4 heteroatoms. The van der Waals surface area contributed by atoms with Crippen LogP contribution in [0.1, 0.15) is 19.3 Å². The van der Waals surface area contributed by atoms with Crippen molar-refractivity contribution in [2.24, 2.45) is 11.8 Å². The summed E-state index contributed by atoms with van der Waals surface area (Å²) in [5.41, 5.74) is 0. The molecule has 0 unspecified atom stereocenters. The zero-order valence-electron chi connectivity index (χ0n) is 10.1. The van der Waals surface area contributed by atoms with Crippen LogP contribution in [0.25, 0.3) is 0 Å². The Kier molecular flexibility index (Phi) is 4.18. The summed E-state index contributed by atoms with van der Waals surface area (Å²) in [4.78, 5) is 13.8. The summed E-state index contributed by atoms with van der Waals surface area (Å²) in [6.45, 7) is 4.42. The van der Waals surface area contributed by atoms with Crippen LogP contribution in [-0.4, -0.2) is 50.7 Å². The number of hydrogen-bond donors (Lipinski definition) is 1. The molecule has 2 aliphatic rings. The molecule has 0 aromatic rings. The molecule has 0 spiro atoms. The molecule has 16 heavy (non-hydrogen) atoms. The Balaban J connectivity index is 1.65. The zero-order valence-corrected chi connectivity index (χ0v) is 10.1. The zero-order chi connectivity index (χ0) is 11.4. The molecule has 0 bridgehead atoms. The van der Waals surface area contributed by atoms with Crippen molar-refractivity contribution in [1.82, 2.24) is 10.2 Å². The number of carbonyl (C=O) groups excluding carboxylic acids is 1. The summed E-state index contributed by atoms with van der Waals surface area (Å²) in [5, 5.41) is 3.14. The van der Waals surface area contributed by atoms with E-state index in [-0.39, 0.29) is 5.92 Å². The smallest absolute Gasteiger partial charge is 0.227 e. The van der Waals surface area contributed by atoms with Crippen molar-refractivity contribution in [1.29, 1.82) is 0 Å². The highest BCUT2D eigenvalue weighted by atomic mass is 16.5. The van der Waals surface area contributed by atoms with Gasteiger partial charge in [-0.05, 0) is 25.2 Å². The van der Waals surface area contributed by atoms with E-state index >= 15 is 0 Å². The van der Waals surface area contributed by atoms with Crippen molar-refractivity contribution < 1.29 is 9.53 Å². The summed E-state index contributed by atoms with van der Waals surface area (Å²) < 4.78 is 5.33. The van der Waals surface area contributed by atoms with E-state index in [4.69, 9.17) is 4.74 Å². The van der Waals surface area contributed by atoms with Gasteiger partial charge in [-0.25, -0.2) is 0 Å². The number of rotatable bonds is 4. The fourth-order valence-electron chi connectivity index (χ4n) is 2.30. The first-order valence-corrected chi connectivity index (χ1v) is 6.31. The summed E-state index contributed by atoms with van der Waals surface area (Å²) >= 11 is 0. The highest BCUT2D eigenvalue weighted by Crippen LogP contribution is 2.19. The molecule has 0 radical (unpaired) electrons. The molecule has 2 aliphatic heterocycles. The minimum Gasteiger partial charge on any atom is -0.381 e. The van der Waals surface area contributed by atoms with Gasteiger partial charge < -0.3 is 15.0 Å². The van der Waals surface area contributed by atoms with Gasteiger partial charge in [0.2, 0.25) is 5.91 Å². The lowest BCUT2D eigenvalue weighted by Gasteiger charge is -2.31. The van der Waals surface area contributed by atoms with Crippen LogP contribution in [0.5, 0.6) is 0 Å². The maximum Gasteiger partial charge on any atom is 0.227 e. The second-order valence-electron chi connectivity index (χ2n) is 4.96. The molecule has 2 rings (SSSR count). The van der Waals surface area contributed by atoms with Crippen LogP contribution in [0.15, 0.2) is 0 Å². The second kappa shape index (κ2) is 5.64. The molecule has 0 atom stereocenters. The first-order valence-electron chi connectivity index (χ1n) is 6.31. The van der Waals surface area contributed by atoms with Gasteiger partial charge in [-0.2, -0.15) is 0 Å². The Bertz CT molecular complexity index is 235. The van der Waals surface area contributed by atoms with Crippen molar-refractivity contribution in [3.05, 3.63) is 0 Å². The maximum atomic E-state index is 11.9. The van der Waals surface area contributed by atoms with Crippen LogP contribution >= 0.6 is 0 Å². The number of ether oxygens (including phenoxy) is 1. The minimum absolute atomic E-state index is 0.236. The lowest BCUT2D eigenvalue weighted by Crippen LogP contribution is -2.51. The number of hydrogen-bond acceptors (Lipinski definition) is 3. The molecule has 0 aliphatic carbocycles. The summed E-state index contributed by atoms with van der Waals surface area (Å²) in [6.07, 6.45) is 3.45. The summed E-state index contributed by atoms with van der Waals surface area (Å²) in [6, 6.07) is 0.